The van der Waals surface area contributed by atoms with Crippen molar-refractivity contribution >= 4 is 17.7 Å². The predicted molar refractivity (Wildman–Crippen MR) is 94.3 cm³/mol. The molecule has 0 aromatic carbocycles. The summed E-state index contributed by atoms with van der Waals surface area (Å²) in [4.78, 5) is 48.4. The van der Waals surface area contributed by atoms with Crippen LogP contribution in [0.1, 0.15) is 43.4 Å². The van der Waals surface area contributed by atoms with E-state index in [1.807, 2.05) is 20.8 Å². The van der Waals surface area contributed by atoms with Crippen LogP contribution in [0.4, 0.5) is 0 Å². The van der Waals surface area contributed by atoms with Gasteiger partial charge in [-0.2, -0.15) is 0 Å². The Balaban J connectivity index is 1.57. The van der Waals surface area contributed by atoms with Crippen molar-refractivity contribution in [2.24, 2.45) is 5.92 Å². The molecule has 2 fully saturated rings. The monoisotopic (exact) mass is 359 g/mol. The van der Waals surface area contributed by atoms with E-state index in [9.17, 15) is 14.4 Å². The van der Waals surface area contributed by atoms with Crippen LogP contribution in [0.5, 0.6) is 0 Å². The molecule has 3 rings (SSSR count). The second-order valence-electron chi connectivity index (χ2n) is 7.97. The first-order valence-corrected chi connectivity index (χ1v) is 8.83. The lowest BCUT2D eigenvalue weighted by Crippen LogP contribution is -2.61. The van der Waals surface area contributed by atoms with Crippen LogP contribution in [0.25, 0.3) is 0 Å². The lowest BCUT2D eigenvalue weighted by Gasteiger charge is -2.44. The molecule has 1 N–H and O–H groups in total. The number of nitrogens with zero attached hydrogens (tertiary/aromatic N) is 4. The molecule has 8 nitrogen and oxygen atoms in total. The summed E-state index contributed by atoms with van der Waals surface area (Å²) < 4.78 is 0. The molecule has 0 saturated carbocycles. The van der Waals surface area contributed by atoms with Crippen molar-refractivity contribution < 1.29 is 14.4 Å². The Morgan fingerprint density at radius 1 is 1.15 bits per heavy atom. The largest absolute Gasteiger partial charge is 0.359 e. The second-order valence-corrected chi connectivity index (χ2v) is 7.97. The van der Waals surface area contributed by atoms with Gasteiger partial charge >= 0.3 is 0 Å². The number of carbonyl (C=O) groups excluding carboxylic acids is 3. The average Bonchev–Trinajstić information content (AvgIpc) is 2.93. The SMILES string of the molecule is CNC(=O)C1CC(=O)N(C2CN(C(=O)c3cnc(C(C)(C)C)nc3)C2)C1. The van der Waals surface area contributed by atoms with E-state index >= 15 is 0 Å². The average molecular weight is 359 g/mol. The first-order chi connectivity index (χ1) is 12.2. The first-order valence-electron chi connectivity index (χ1n) is 8.83. The molecule has 3 amide bonds. The fourth-order valence-electron chi connectivity index (χ4n) is 3.29. The molecule has 26 heavy (non-hydrogen) atoms. The van der Waals surface area contributed by atoms with E-state index in [0.29, 0.717) is 31.0 Å². The summed E-state index contributed by atoms with van der Waals surface area (Å²) in [6.45, 7) is 7.43. The van der Waals surface area contributed by atoms with Crippen LogP contribution < -0.4 is 5.32 Å². The number of likely N-dealkylation sites (tertiary alicyclic amines) is 2. The van der Waals surface area contributed by atoms with E-state index in [1.165, 1.54) is 0 Å². The van der Waals surface area contributed by atoms with Gasteiger partial charge in [-0.3, -0.25) is 14.4 Å². The molecule has 140 valence electrons. The van der Waals surface area contributed by atoms with Crippen molar-refractivity contribution in [3.8, 4) is 0 Å². The number of amides is 3. The van der Waals surface area contributed by atoms with Crippen LogP contribution in [0.15, 0.2) is 12.4 Å². The van der Waals surface area contributed by atoms with Crippen molar-refractivity contribution in [1.82, 2.24) is 25.1 Å². The summed E-state index contributed by atoms with van der Waals surface area (Å²) in [5.41, 5.74) is 0.286. The molecule has 8 heteroatoms. The highest BCUT2D eigenvalue weighted by molar-refractivity contribution is 5.94. The topological polar surface area (TPSA) is 95.5 Å². The van der Waals surface area contributed by atoms with E-state index < -0.39 is 0 Å². The van der Waals surface area contributed by atoms with Gasteiger partial charge in [-0.1, -0.05) is 20.8 Å². The lowest BCUT2D eigenvalue weighted by atomic mass is 9.96. The Labute approximate surface area is 153 Å². The minimum absolute atomic E-state index is 0.0177. The maximum atomic E-state index is 12.5. The summed E-state index contributed by atoms with van der Waals surface area (Å²) >= 11 is 0. The zero-order valence-electron chi connectivity index (χ0n) is 15.7. The van der Waals surface area contributed by atoms with E-state index in [2.05, 4.69) is 15.3 Å². The van der Waals surface area contributed by atoms with Gasteiger partial charge in [0, 0.05) is 50.9 Å². The molecule has 1 aromatic heterocycles. The van der Waals surface area contributed by atoms with Gasteiger partial charge in [0.25, 0.3) is 5.91 Å². The summed E-state index contributed by atoms with van der Waals surface area (Å²) in [6.07, 6.45) is 3.37. The van der Waals surface area contributed by atoms with Crippen LogP contribution in [-0.2, 0) is 15.0 Å². The quantitative estimate of drug-likeness (QED) is 0.831. The third-order valence-electron chi connectivity index (χ3n) is 4.94. The third-order valence-corrected chi connectivity index (χ3v) is 4.94. The minimum atomic E-state index is -0.296. The molecule has 0 radical (unpaired) electrons. The van der Waals surface area contributed by atoms with Crippen LogP contribution in [0.3, 0.4) is 0 Å². The van der Waals surface area contributed by atoms with Gasteiger partial charge in [0.05, 0.1) is 17.5 Å². The molecule has 0 aliphatic carbocycles. The van der Waals surface area contributed by atoms with Gasteiger partial charge in [0.2, 0.25) is 11.8 Å². The van der Waals surface area contributed by atoms with Crippen molar-refractivity contribution in [3.63, 3.8) is 0 Å². The van der Waals surface area contributed by atoms with Crippen LogP contribution in [-0.4, -0.2) is 70.2 Å². The third kappa shape index (κ3) is 3.40. The minimum Gasteiger partial charge on any atom is -0.359 e. The normalized spacial score (nSPS) is 20.9. The molecule has 2 aliphatic rings. The molecule has 0 bridgehead atoms. The Morgan fingerprint density at radius 3 is 2.31 bits per heavy atom. The van der Waals surface area contributed by atoms with Crippen molar-refractivity contribution in [2.45, 2.75) is 38.6 Å². The number of hydrogen-bond acceptors (Lipinski definition) is 5. The van der Waals surface area contributed by atoms with Gasteiger partial charge in [-0.05, 0) is 0 Å². The fourth-order valence-corrected chi connectivity index (χ4v) is 3.29. The number of carbonyl (C=O) groups is 3. The molecule has 1 unspecified atom stereocenters. The number of nitrogens with one attached hydrogen (secondary N) is 1. The number of rotatable bonds is 3. The van der Waals surface area contributed by atoms with Gasteiger partial charge in [-0.15, -0.1) is 0 Å². The molecular weight excluding hydrogens is 334 g/mol. The first kappa shape index (κ1) is 18.3. The van der Waals surface area contributed by atoms with Gasteiger partial charge < -0.3 is 15.1 Å². The fraction of sp³-hybridized carbons (Fsp3) is 0.611. The smallest absolute Gasteiger partial charge is 0.257 e. The predicted octanol–water partition coefficient (Wildman–Crippen LogP) is 0.193. The highest BCUT2D eigenvalue weighted by Gasteiger charge is 2.43. The van der Waals surface area contributed by atoms with Gasteiger partial charge in [0.15, 0.2) is 0 Å². The molecule has 0 spiro atoms. The summed E-state index contributed by atoms with van der Waals surface area (Å²) in [5, 5.41) is 2.59. The van der Waals surface area contributed by atoms with Crippen molar-refractivity contribution in [2.75, 3.05) is 26.7 Å². The Bertz CT molecular complexity index is 719. The highest BCUT2D eigenvalue weighted by atomic mass is 16.2. The van der Waals surface area contributed by atoms with Gasteiger partial charge in [-0.25, -0.2) is 9.97 Å². The molecular formula is C18H25N5O3. The molecule has 2 saturated heterocycles. The standard InChI is InChI=1S/C18H25N5O3/c1-18(2,3)17-20-6-12(7-21-17)16(26)22-9-13(10-22)23-8-11(5-14(23)24)15(25)19-4/h6-7,11,13H,5,8-10H2,1-4H3,(H,19,25). The second kappa shape index (κ2) is 6.66. The summed E-state index contributed by atoms with van der Waals surface area (Å²) in [7, 11) is 1.58. The Kier molecular flexibility index (Phi) is 4.68. The van der Waals surface area contributed by atoms with Crippen molar-refractivity contribution in [1.29, 1.82) is 0 Å². The van der Waals surface area contributed by atoms with Gasteiger partial charge in [0.1, 0.15) is 5.82 Å². The molecule has 1 atom stereocenters. The van der Waals surface area contributed by atoms with E-state index in [4.69, 9.17) is 0 Å². The van der Waals surface area contributed by atoms with Crippen molar-refractivity contribution in [3.05, 3.63) is 23.8 Å². The summed E-state index contributed by atoms with van der Waals surface area (Å²) in [5.74, 6) is 0.142. The molecule has 2 aliphatic heterocycles. The maximum Gasteiger partial charge on any atom is 0.257 e. The zero-order chi connectivity index (χ0) is 19.1. The van der Waals surface area contributed by atoms with E-state index in [0.717, 1.165) is 0 Å². The molecule has 1 aromatic rings. The number of hydrogen-bond donors (Lipinski definition) is 1. The van der Waals surface area contributed by atoms with Crippen LogP contribution in [0, 0.1) is 5.92 Å². The van der Waals surface area contributed by atoms with Crippen LogP contribution >= 0.6 is 0 Å². The number of aromatic nitrogens is 2. The van der Waals surface area contributed by atoms with Crippen LogP contribution in [0.2, 0.25) is 0 Å². The van der Waals surface area contributed by atoms with E-state index in [1.54, 1.807) is 29.2 Å². The van der Waals surface area contributed by atoms with E-state index in [-0.39, 0.29) is 41.5 Å². The Hall–Kier alpha value is -2.51. The maximum absolute atomic E-state index is 12.5. The summed E-state index contributed by atoms with van der Waals surface area (Å²) in [6, 6.07) is -0.0177. The zero-order valence-corrected chi connectivity index (χ0v) is 15.7. The highest BCUT2D eigenvalue weighted by Crippen LogP contribution is 2.26. The Morgan fingerprint density at radius 2 is 1.77 bits per heavy atom. The molecule has 3 heterocycles. The lowest BCUT2D eigenvalue weighted by molar-refractivity contribution is -0.132.